The standard InChI is InChI=1S/C10H15NO2/c1-7-3-4-9(5-8(7)2)10(12)6-13-11/h3-5,10,12H,6,11H2,1-2H3. The van der Waals surface area contributed by atoms with Gasteiger partial charge in [0.15, 0.2) is 0 Å². The van der Waals surface area contributed by atoms with E-state index >= 15 is 0 Å². The summed E-state index contributed by atoms with van der Waals surface area (Å²) < 4.78 is 0. The zero-order chi connectivity index (χ0) is 9.84. The number of nitrogens with two attached hydrogens (primary N) is 1. The Morgan fingerprint density at radius 1 is 1.38 bits per heavy atom. The van der Waals surface area contributed by atoms with Crippen LogP contribution in [0.15, 0.2) is 18.2 Å². The minimum absolute atomic E-state index is 0.127. The van der Waals surface area contributed by atoms with E-state index in [1.54, 1.807) is 0 Å². The lowest BCUT2D eigenvalue weighted by atomic mass is 10.0. The van der Waals surface area contributed by atoms with Crippen molar-refractivity contribution < 1.29 is 9.94 Å². The highest BCUT2D eigenvalue weighted by Gasteiger charge is 2.07. The molecule has 0 fully saturated rings. The Labute approximate surface area is 78.1 Å². The molecular formula is C10H15NO2. The van der Waals surface area contributed by atoms with Crippen LogP contribution in [-0.4, -0.2) is 11.7 Å². The second-order valence-corrected chi connectivity index (χ2v) is 3.19. The first-order valence-electron chi connectivity index (χ1n) is 4.22. The van der Waals surface area contributed by atoms with Crippen molar-refractivity contribution in [3.8, 4) is 0 Å². The highest BCUT2D eigenvalue weighted by atomic mass is 16.6. The van der Waals surface area contributed by atoms with Gasteiger partial charge < -0.3 is 9.94 Å². The summed E-state index contributed by atoms with van der Waals surface area (Å²) >= 11 is 0. The molecule has 3 nitrogen and oxygen atoms in total. The zero-order valence-corrected chi connectivity index (χ0v) is 7.95. The SMILES string of the molecule is Cc1ccc(C(O)CON)cc1C. The van der Waals surface area contributed by atoms with Gasteiger partial charge in [0.2, 0.25) is 0 Å². The van der Waals surface area contributed by atoms with E-state index in [0.29, 0.717) is 0 Å². The molecule has 0 saturated heterocycles. The van der Waals surface area contributed by atoms with E-state index < -0.39 is 6.10 Å². The maximum absolute atomic E-state index is 9.53. The molecule has 0 aliphatic heterocycles. The van der Waals surface area contributed by atoms with Gasteiger partial charge in [-0.3, -0.25) is 0 Å². The van der Waals surface area contributed by atoms with Crippen LogP contribution in [0.4, 0.5) is 0 Å². The average Bonchev–Trinajstić information content (AvgIpc) is 2.10. The number of hydrogen-bond acceptors (Lipinski definition) is 3. The summed E-state index contributed by atoms with van der Waals surface area (Å²) in [5.41, 5.74) is 3.21. The van der Waals surface area contributed by atoms with Gasteiger partial charge in [-0.1, -0.05) is 18.2 Å². The first-order chi connectivity index (χ1) is 6.15. The Morgan fingerprint density at radius 3 is 2.62 bits per heavy atom. The molecule has 0 aromatic heterocycles. The van der Waals surface area contributed by atoms with Crippen molar-refractivity contribution >= 4 is 0 Å². The normalized spacial score (nSPS) is 12.9. The third kappa shape index (κ3) is 2.52. The molecule has 0 heterocycles. The van der Waals surface area contributed by atoms with Crippen molar-refractivity contribution in [1.29, 1.82) is 0 Å². The minimum Gasteiger partial charge on any atom is -0.386 e. The number of benzene rings is 1. The smallest absolute Gasteiger partial charge is 0.104 e. The number of hydrogen-bond donors (Lipinski definition) is 2. The van der Waals surface area contributed by atoms with Crippen molar-refractivity contribution in [2.45, 2.75) is 20.0 Å². The molecule has 0 aliphatic carbocycles. The number of rotatable bonds is 3. The highest BCUT2D eigenvalue weighted by Crippen LogP contribution is 2.16. The minimum atomic E-state index is -0.635. The second-order valence-electron chi connectivity index (χ2n) is 3.19. The summed E-state index contributed by atoms with van der Waals surface area (Å²) in [4.78, 5) is 4.38. The number of aryl methyl sites for hydroxylation is 2. The fourth-order valence-corrected chi connectivity index (χ4v) is 1.16. The molecule has 3 N–H and O–H groups in total. The Kier molecular flexibility index (Phi) is 3.42. The van der Waals surface area contributed by atoms with Crippen molar-refractivity contribution in [3.05, 3.63) is 34.9 Å². The summed E-state index contributed by atoms with van der Waals surface area (Å²) in [7, 11) is 0. The molecule has 72 valence electrons. The van der Waals surface area contributed by atoms with E-state index in [0.717, 1.165) is 11.1 Å². The topological polar surface area (TPSA) is 55.5 Å². The number of aliphatic hydroxyl groups is 1. The molecule has 1 unspecified atom stereocenters. The first kappa shape index (κ1) is 10.2. The largest absolute Gasteiger partial charge is 0.386 e. The number of aliphatic hydroxyl groups excluding tert-OH is 1. The van der Waals surface area contributed by atoms with Crippen LogP contribution in [-0.2, 0) is 4.84 Å². The quantitative estimate of drug-likeness (QED) is 0.689. The molecule has 0 aliphatic rings. The molecular weight excluding hydrogens is 166 g/mol. The van der Waals surface area contributed by atoms with Crippen LogP contribution in [0.2, 0.25) is 0 Å². The van der Waals surface area contributed by atoms with E-state index in [9.17, 15) is 5.11 Å². The monoisotopic (exact) mass is 181 g/mol. The van der Waals surface area contributed by atoms with Gasteiger partial charge in [0.05, 0.1) is 6.61 Å². The van der Waals surface area contributed by atoms with Crippen LogP contribution in [0, 0.1) is 13.8 Å². The van der Waals surface area contributed by atoms with Gasteiger partial charge in [0.1, 0.15) is 6.10 Å². The molecule has 0 radical (unpaired) electrons. The van der Waals surface area contributed by atoms with Crippen LogP contribution in [0.3, 0.4) is 0 Å². The van der Waals surface area contributed by atoms with Crippen LogP contribution in [0.5, 0.6) is 0 Å². The fraction of sp³-hybridized carbons (Fsp3) is 0.400. The summed E-state index contributed by atoms with van der Waals surface area (Å²) in [5, 5.41) is 9.53. The summed E-state index contributed by atoms with van der Waals surface area (Å²) in [6, 6.07) is 5.80. The average molecular weight is 181 g/mol. The van der Waals surface area contributed by atoms with Crippen LogP contribution in [0.1, 0.15) is 22.8 Å². The van der Waals surface area contributed by atoms with Gasteiger partial charge in [-0.15, -0.1) is 0 Å². The molecule has 1 atom stereocenters. The van der Waals surface area contributed by atoms with Gasteiger partial charge in [-0.2, -0.15) is 0 Å². The van der Waals surface area contributed by atoms with Crippen LogP contribution in [0.25, 0.3) is 0 Å². The third-order valence-electron chi connectivity index (χ3n) is 2.17. The third-order valence-corrected chi connectivity index (χ3v) is 2.17. The molecule has 13 heavy (non-hydrogen) atoms. The van der Waals surface area contributed by atoms with Crippen molar-refractivity contribution in [3.63, 3.8) is 0 Å². The Morgan fingerprint density at radius 2 is 2.08 bits per heavy atom. The molecule has 1 aromatic carbocycles. The molecule has 3 heteroatoms. The van der Waals surface area contributed by atoms with E-state index in [4.69, 9.17) is 5.90 Å². The lowest BCUT2D eigenvalue weighted by Crippen LogP contribution is -2.10. The van der Waals surface area contributed by atoms with Crippen molar-refractivity contribution in [1.82, 2.24) is 0 Å². The second kappa shape index (κ2) is 4.37. The maximum atomic E-state index is 9.53. The Hall–Kier alpha value is -0.900. The Bertz CT molecular complexity index is 286. The van der Waals surface area contributed by atoms with E-state index in [2.05, 4.69) is 4.84 Å². The van der Waals surface area contributed by atoms with Crippen molar-refractivity contribution in [2.24, 2.45) is 5.90 Å². The molecule has 1 aromatic rings. The highest BCUT2D eigenvalue weighted by molar-refractivity contribution is 5.31. The predicted octanol–water partition coefficient (Wildman–Crippen LogP) is 1.23. The van der Waals surface area contributed by atoms with E-state index in [1.807, 2.05) is 32.0 Å². The lowest BCUT2D eigenvalue weighted by molar-refractivity contribution is 0.0359. The Balaban J connectivity index is 2.84. The summed E-state index contributed by atoms with van der Waals surface area (Å²) in [5.74, 6) is 4.87. The lowest BCUT2D eigenvalue weighted by Gasteiger charge is -2.10. The fourth-order valence-electron chi connectivity index (χ4n) is 1.16. The van der Waals surface area contributed by atoms with E-state index in [1.165, 1.54) is 5.56 Å². The van der Waals surface area contributed by atoms with Gasteiger partial charge in [0, 0.05) is 0 Å². The maximum Gasteiger partial charge on any atom is 0.104 e. The summed E-state index contributed by atoms with van der Waals surface area (Å²) in [6.45, 7) is 4.17. The first-order valence-corrected chi connectivity index (χ1v) is 4.22. The zero-order valence-electron chi connectivity index (χ0n) is 7.95. The van der Waals surface area contributed by atoms with Gasteiger partial charge >= 0.3 is 0 Å². The van der Waals surface area contributed by atoms with Crippen molar-refractivity contribution in [2.75, 3.05) is 6.61 Å². The molecule has 1 rings (SSSR count). The summed E-state index contributed by atoms with van der Waals surface area (Å²) in [6.07, 6.45) is -0.635. The molecule has 0 spiro atoms. The van der Waals surface area contributed by atoms with Gasteiger partial charge in [-0.05, 0) is 30.5 Å². The molecule has 0 saturated carbocycles. The van der Waals surface area contributed by atoms with Gasteiger partial charge in [0.25, 0.3) is 0 Å². The van der Waals surface area contributed by atoms with Crippen LogP contribution < -0.4 is 5.90 Å². The van der Waals surface area contributed by atoms with Crippen LogP contribution >= 0.6 is 0 Å². The van der Waals surface area contributed by atoms with E-state index in [-0.39, 0.29) is 6.61 Å². The van der Waals surface area contributed by atoms with Gasteiger partial charge in [-0.25, -0.2) is 5.90 Å². The molecule has 0 amide bonds. The molecule has 0 bridgehead atoms. The predicted molar refractivity (Wildman–Crippen MR) is 51.0 cm³/mol.